The van der Waals surface area contributed by atoms with Crippen molar-refractivity contribution in [2.75, 3.05) is 12.3 Å². The Kier molecular flexibility index (Phi) is 4.39. The molecule has 1 aromatic carbocycles. The second-order valence-electron chi connectivity index (χ2n) is 7.25. The van der Waals surface area contributed by atoms with Crippen molar-refractivity contribution in [3.05, 3.63) is 54.0 Å². The van der Waals surface area contributed by atoms with Crippen LogP contribution in [0.3, 0.4) is 0 Å². The molecule has 4 heterocycles. The largest absolute Gasteiger partial charge is 0.436 e. The number of fused-ring (bicyclic) bond motifs is 3. The first-order valence-corrected chi connectivity index (χ1v) is 9.78. The molecular weight excluding hydrogens is 396 g/mol. The average molecular weight is 416 g/mol. The summed E-state index contributed by atoms with van der Waals surface area (Å²) in [6.07, 6.45) is 3.69. The van der Waals surface area contributed by atoms with Gasteiger partial charge in [0.1, 0.15) is 5.52 Å². The zero-order valence-electron chi connectivity index (χ0n) is 17.0. The minimum atomic E-state index is -0.299. The lowest BCUT2D eigenvalue weighted by molar-refractivity contribution is 0.0922. The van der Waals surface area contributed by atoms with Gasteiger partial charge in [0.15, 0.2) is 11.7 Å². The second kappa shape index (κ2) is 7.24. The molecule has 5 rings (SSSR count). The maximum absolute atomic E-state index is 12.3. The number of benzene rings is 1. The predicted molar refractivity (Wildman–Crippen MR) is 115 cm³/mol. The molecule has 0 spiro atoms. The first-order chi connectivity index (χ1) is 15.0. The van der Waals surface area contributed by atoms with Gasteiger partial charge in [-0.3, -0.25) is 14.6 Å². The number of nitrogen functional groups attached to an aromatic ring is 1. The number of hydrogen-bond acceptors (Lipinski definition) is 7. The smallest absolute Gasteiger partial charge is 0.289 e. The highest BCUT2D eigenvalue weighted by Gasteiger charge is 2.16. The van der Waals surface area contributed by atoms with Crippen LogP contribution in [0.4, 0.5) is 5.82 Å². The van der Waals surface area contributed by atoms with E-state index in [1.54, 1.807) is 24.7 Å². The third kappa shape index (κ3) is 3.37. The average Bonchev–Trinajstić information content (AvgIpc) is 3.47. The summed E-state index contributed by atoms with van der Waals surface area (Å²) in [5.41, 5.74) is 9.94. The molecule has 0 radical (unpaired) electrons. The monoisotopic (exact) mass is 416 g/mol. The molecule has 0 atom stereocenters. The van der Waals surface area contributed by atoms with E-state index in [0.29, 0.717) is 36.0 Å². The Morgan fingerprint density at radius 1 is 1.23 bits per heavy atom. The molecule has 0 fully saturated rings. The van der Waals surface area contributed by atoms with Gasteiger partial charge in [0, 0.05) is 42.2 Å². The Labute approximate surface area is 176 Å². The summed E-state index contributed by atoms with van der Waals surface area (Å²) in [7, 11) is 0. The third-order valence-electron chi connectivity index (χ3n) is 5.07. The minimum Gasteiger partial charge on any atom is -0.436 e. The van der Waals surface area contributed by atoms with E-state index in [0.717, 1.165) is 27.5 Å². The number of hydrogen-bond donors (Lipinski definition) is 3. The normalized spacial score (nSPS) is 11.4. The van der Waals surface area contributed by atoms with Crippen LogP contribution in [0.2, 0.25) is 0 Å². The molecule has 0 saturated heterocycles. The fourth-order valence-electron chi connectivity index (χ4n) is 3.64. The number of nitrogens with two attached hydrogens (primary N) is 1. The van der Waals surface area contributed by atoms with Crippen molar-refractivity contribution < 1.29 is 9.21 Å². The molecule has 0 aliphatic heterocycles. The summed E-state index contributed by atoms with van der Waals surface area (Å²) in [5.74, 6) is 0.756. The number of oxazole rings is 1. The molecule has 4 N–H and O–H groups in total. The van der Waals surface area contributed by atoms with E-state index in [2.05, 4.69) is 30.6 Å². The number of carbonyl (C=O) groups excluding carboxylic acids is 1. The number of carbonyl (C=O) groups is 1. The maximum atomic E-state index is 12.3. The highest BCUT2D eigenvalue weighted by Crippen LogP contribution is 2.29. The second-order valence-corrected chi connectivity index (χ2v) is 7.25. The van der Waals surface area contributed by atoms with Crippen LogP contribution in [0.25, 0.3) is 33.1 Å². The number of nitrogens with one attached hydrogen (secondary N) is 2. The Balaban J connectivity index is 1.39. The van der Waals surface area contributed by atoms with Gasteiger partial charge in [-0.15, -0.1) is 0 Å². The van der Waals surface area contributed by atoms with Crippen LogP contribution in [-0.2, 0) is 6.54 Å². The number of H-pyrrole nitrogens is 1. The first-order valence-electron chi connectivity index (χ1n) is 9.78. The van der Waals surface area contributed by atoms with E-state index in [-0.39, 0.29) is 11.7 Å². The standard InChI is InChI=1S/C21H20N8O2/c1-11-19(31-12(2)25-11)21(30)23-7-8-29-10-15-14-4-3-13(16-5-6-24-27-16)9-17(14)26-20(22)18(15)28-29/h3-6,9-10H,7-8H2,1-2H3,(H2,22,26)(H,23,30)(H,24,27). The number of pyridine rings is 1. The molecule has 0 unspecified atom stereocenters. The Hall–Kier alpha value is -4.21. The van der Waals surface area contributed by atoms with Gasteiger partial charge < -0.3 is 15.5 Å². The van der Waals surface area contributed by atoms with Crippen LogP contribution in [0.15, 0.2) is 41.1 Å². The van der Waals surface area contributed by atoms with E-state index in [1.165, 1.54) is 0 Å². The van der Waals surface area contributed by atoms with Crippen molar-refractivity contribution in [1.82, 2.24) is 35.3 Å². The van der Waals surface area contributed by atoms with Gasteiger partial charge >= 0.3 is 0 Å². The van der Waals surface area contributed by atoms with Crippen LogP contribution in [0.5, 0.6) is 0 Å². The molecule has 31 heavy (non-hydrogen) atoms. The molecule has 5 aromatic rings. The van der Waals surface area contributed by atoms with Gasteiger partial charge in [0.05, 0.1) is 23.4 Å². The van der Waals surface area contributed by atoms with Crippen molar-refractivity contribution in [2.45, 2.75) is 20.4 Å². The van der Waals surface area contributed by atoms with Crippen molar-refractivity contribution in [1.29, 1.82) is 0 Å². The van der Waals surface area contributed by atoms with Gasteiger partial charge in [-0.05, 0) is 19.1 Å². The lowest BCUT2D eigenvalue weighted by atomic mass is 10.1. The molecule has 0 aliphatic carbocycles. The number of anilines is 1. The lowest BCUT2D eigenvalue weighted by Gasteiger charge is -2.03. The Morgan fingerprint density at radius 3 is 2.84 bits per heavy atom. The van der Waals surface area contributed by atoms with Crippen LogP contribution in [0.1, 0.15) is 22.1 Å². The summed E-state index contributed by atoms with van der Waals surface area (Å²) in [5, 5.41) is 16.3. The quantitative estimate of drug-likeness (QED) is 0.400. The third-order valence-corrected chi connectivity index (χ3v) is 5.07. The zero-order chi connectivity index (χ0) is 21.5. The predicted octanol–water partition coefficient (Wildman–Crippen LogP) is 2.59. The minimum absolute atomic E-state index is 0.232. The number of nitrogens with zero attached hydrogens (tertiary/aromatic N) is 5. The van der Waals surface area contributed by atoms with Crippen LogP contribution < -0.4 is 11.1 Å². The van der Waals surface area contributed by atoms with Gasteiger partial charge in [-0.2, -0.15) is 10.2 Å². The number of aryl methyl sites for hydroxylation is 2. The lowest BCUT2D eigenvalue weighted by Crippen LogP contribution is -2.27. The molecule has 10 heteroatoms. The summed E-state index contributed by atoms with van der Waals surface area (Å²) >= 11 is 0. The topological polar surface area (TPSA) is 141 Å². The van der Waals surface area contributed by atoms with Crippen molar-refractivity contribution >= 4 is 33.5 Å². The Morgan fingerprint density at radius 2 is 2.10 bits per heavy atom. The number of rotatable bonds is 5. The maximum Gasteiger partial charge on any atom is 0.289 e. The van der Waals surface area contributed by atoms with E-state index >= 15 is 0 Å². The SMILES string of the molecule is Cc1nc(C)c(C(=O)NCCn2cc3c(n2)c(N)nc2cc(-c4cc[nH]n4)ccc23)o1. The van der Waals surface area contributed by atoms with Crippen LogP contribution in [0, 0.1) is 13.8 Å². The van der Waals surface area contributed by atoms with Gasteiger partial charge in [-0.25, -0.2) is 9.97 Å². The summed E-state index contributed by atoms with van der Waals surface area (Å²) < 4.78 is 7.10. The molecule has 0 bridgehead atoms. The molecule has 0 saturated carbocycles. The molecule has 0 aliphatic rings. The fraction of sp³-hybridized carbons (Fsp3) is 0.190. The van der Waals surface area contributed by atoms with Crippen molar-refractivity contribution in [3.63, 3.8) is 0 Å². The van der Waals surface area contributed by atoms with Gasteiger partial charge in [-0.1, -0.05) is 12.1 Å². The van der Waals surface area contributed by atoms with E-state index < -0.39 is 0 Å². The number of amides is 1. The summed E-state index contributed by atoms with van der Waals surface area (Å²) in [6.45, 7) is 4.29. The summed E-state index contributed by atoms with van der Waals surface area (Å²) in [6, 6.07) is 7.85. The van der Waals surface area contributed by atoms with Crippen molar-refractivity contribution in [3.8, 4) is 11.3 Å². The molecule has 4 aromatic heterocycles. The molecule has 10 nitrogen and oxygen atoms in total. The van der Waals surface area contributed by atoms with Gasteiger partial charge in [0.25, 0.3) is 5.91 Å². The van der Waals surface area contributed by atoms with E-state index in [9.17, 15) is 4.79 Å². The Bertz CT molecular complexity index is 1410. The summed E-state index contributed by atoms with van der Waals surface area (Å²) in [4.78, 5) is 20.9. The van der Waals surface area contributed by atoms with Gasteiger partial charge in [0.2, 0.25) is 5.76 Å². The molecular formula is C21H20N8O2. The molecule has 156 valence electrons. The number of aromatic amines is 1. The fourth-order valence-corrected chi connectivity index (χ4v) is 3.64. The zero-order valence-corrected chi connectivity index (χ0v) is 17.0. The van der Waals surface area contributed by atoms with Crippen molar-refractivity contribution in [2.24, 2.45) is 0 Å². The molecule has 1 amide bonds. The number of aromatic nitrogens is 6. The van der Waals surface area contributed by atoms with E-state index in [4.69, 9.17) is 10.2 Å². The highest BCUT2D eigenvalue weighted by atomic mass is 16.4. The van der Waals surface area contributed by atoms with Crippen LogP contribution in [-0.4, -0.2) is 42.4 Å². The first kappa shape index (κ1) is 18.8. The van der Waals surface area contributed by atoms with Crippen LogP contribution >= 0.6 is 0 Å². The van der Waals surface area contributed by atoms with E-state index in [1.807, 2.05) is 30.5 Å². The highest BCUT2D eigenvalue weighted by molar-refractivity contribution is 6.08.